The monoisotopic (exact) mass is 271 g/mol. The van der Waals surface area contributed by atoms with Crippen LogP contribution < -0.4 is 5.32 Å². The molecule has 2 atom stereocenters. The van der Waals surface area contributed by atoms with E-state index in [4.69, 9.17) is 23.2 Å². The number of hydrogen-bond acceptors (Lipinski definition) is 1. The molecule has 0 spiro atoms. The van der Waals surface area contributed by atoms with E-state index < -0.39 is 0 Å². The van der Waals surface area contributed by atoms with Crippen LogP contribution in [-0.4, -0.2) is 6.04 Å². The first kappa shape index (κ1) is 13.2. The molecule has 0 aliphatic heterocycles. The van der Waals surface area contributed by atoms with Gasteiger partial charge in [0, 0.05) is 12.1 Å². The Morgan fingerprint density at radius 3 is 2.47 bits per heavy atom. The topological polar surface area (TPSA) is 12.0 Å². The SMILES string of the molecule is CCC(NC1CC1(C)C)c1ccc(Cl)c(Cl)c1. The number of rotatable bonds is 4. The Hall–Kier alpha value is -0.240. The Morgan fingerprint density at radius 1 is 1.35 bits per heavy atom. The van der Waals surface area contributed by atoms with Gasteiger partial charge >= 0.3 is 0 Å². The number of benzene rings is 1. The summed E-state index contributed by atoms with van der Waals surface area (Å²) in [5, 5.41) is 4.95. The molecule has 2 unspecified atom stereocenters. The second kappa shape index (κ2) is 4.79. The first-order chi connectivity index (χ1) is 7.94. The summed E-state index contributed by atoms with van der Waals surface area (Å²) in [6.07, 6.45) is 2.31. The molecule has 3 heteroatoms. The highest BCUT2D eigenvalue weighted by molar-refractivity contribution is 6.42. The van der Waals surface area contributed by atoms with Gasteiger partial charge in [-0.3, -0.25) is 0 Å². The molecule has 1 aromatic carbocycles. The van der Waals surface area contributed by atoms with Crippen molar-refractivity contribution in [2.75, 3.05) is 0 Å². The third-order valence-electron chi connectivity index (χ3n) is 3.67. The zero-order valence-electron chi connectivity index (χ0n) is 10.6. The van der Waals surface area contributed by atoms with Crippen molar-refractivity contribution in [2.24, 2.45) is 5.41 Å². The number of halogens is 2. The molecule has 1 fully saturated rings. The van der Waals surface area contributed by atoms with E-state index in [1.54, 1.807) is 0 Å². The van der Waals surface area contributed by atoms with E-state index in [0.29, 0.717) is 27.5 Å². The minimum absolute atomic E-state index is 0.372. The predicted octanol–water partition coefficient (Wildman–Crippen LogP) is 4.83. The maximum atomic E-state index is 6.06. The Bertz CT molecular complexity index is 415. The van der Waals surface area contributed by atoms with Gasteiger partial charge in [-0.2, -0.15) is 0 Å². The third kappa shape index (κ3) is 2.96. The van der Waals surface area contributed by atoms with E-state index in [0.717, 1.165) is 6.42 Å². The van der Waals surface area contributed by atoms with Gasteiger partial charge in [-0.25, -0.2) is 0 Å². The summed E-state index contributed by atoms with van der Waals surface area (Å²) < 4.78 is 0. The van der Waals surface area contributed by atoms with Crippen LogP contribution in [0.25, 0.3) is 0 Å². The van der Waals surface area contributed by atoms with E-state index in [2.05, 4.69) is 32.2 Å². The molecule has 0 heterocycles. The lowest BCUT2D eigenvalue weighted by Crippen LogP contribution is -2.25. The quantitative estimate of drug-likeness (QED) is 0.827. The predicted molar refractivity (Wildman–Crippen MR) is 74.8 cm³/mol. The van der Waals surface area contributed by atoms with Crippen molar-refractivity contribution in [1.82, 2.24) is 5.32 Å². The third-order valence-corrected chi connectivity index (χ3v) is 4.41. The van der Waals surface area contributed by atoms with Crippen LogP contribution >= 0.6 is 23.2 Å². The van der Waals surface area contributed by atoms with E-state index in [1.807, 2.05) is 12.1 Å². The highest BCUT2D eigenvalue weighted by Gasteiger charge is 2.46. The fraction of sp³-hybridized carbons (Fsp3) is 0.571. The van der Waals surface area contributed by atoms with Crippen LogP contribution in [0, 0.1) is 5.41 Å². The van der Waals surface area contributed by atoms with Crippen LogP contribution in [0.4, 0.5) is 0 Å². The van der Waals surface area contributed by atoms with Crippen LogP contribution in [0.2, 0.25) is 10.0 Å². The van der Waals surface area contributed by atoms with Crippen molar-refractivity contribution >= 4 is 23.2 Å². The summed E-state index contributed by atoms with van der Waals surface area (Å²) in [5.41, 5.74) is 1.67. The zero-order chi connectivity index (χ0) is 12.6. The van der Waals surface area contributed by atoms with Gasteiger partial charge in [-0.05, 0) is 36.0 Å². The van der Waals surface area contributed by atoms with Crippen LogP contribution in [0.3, 0.4) is 0 Å². The van der Waals surface area contributed by atoms with Gasteiger partial charge < -0.3 is 5.32 Å². The number of nitrogens with one attached hydrogen (secondary N) is 1. The molecule has 1 aliphatic carbocycles. The lowest BCUT2D eigenvalue weighted by atomic mass is 10.0. The highest BCUT2D eigenvalue weighted by atomic mass is 35.5. The molecule has 17 heavy (non-hydrogen) atoms. The number of hydrogen-bond donors (Lipinski definition) is 1. The van der Waals surface area contributed by atoms with Crippen molar-refractivity contribution < 1.29 is 0 Å². The zero-order valence-corrected chi connectivity index (χ0v) is 12.1. The fourth-order valence-electron chi connectivity index (χ4n) is 2.17. The normalized spacial score (nSPS) is 23.5. The highest BCUT2D eigenvalue weighted by Crippen LogP contribution is 2.46. The molecular formula is C14H19Cl2N. The molecule has 1 aliphatic rings. The van der Waals surface area contributed by atoms with E-state index >= 15 is 0 Å². The molecule has 1 aromatic rings. The van der Waals surface area contributed by atoms with Gasteiger partial charge in [0.2, 0.25) is 0 Å². The molecule has 1 saturated carbocycles. The van der Waals surface area contributed by atoms with Crippen LogP contribution in [0.15, 0.2) is 18.2 Å². The lowest BCUT2D eigenvalue weighted by molar-refractivity contribution is 0.461. The fourth-order valence-corrected chi connectivity index (χ4v) is 2.48. The molecule has 1 nitrogen and oxygen atoms in total. The summed E-state index contributed by atoms with van der Waals surface area (Å²) in [6.45, 7) is 6.79. The minimum Gasteiger partial charge on any atom is -0.307 e. The Kier molecular flexibility index (Phi) is 3.72. The van der Waals surface area contributed by atoms with E-state index in [9.17, 15) is 0 Å². The standard InChI is InChI=1S/C14H19Cl2N/c1-4-12(17-13-8-14(13,2)3)9-5-6-10(15)11(16)7-9/h5-7,12-13,17H,4,8H2,1-3H3. The van der Waals surface area contributed by atoms with Crippen molar-refractivity contribution in [3.8, 4) is 0 Å². The van der Waals surface area contributed by atoms with Gasteiger partial charge in [-0.1, -0.05) is 50.0 Å². The van der Waals surface area contributed by atoms with E-state index in [-0.39, 0.29) is 0 Å². The second-order valence-electron chi connectivity index (χ2n) is 5.55. The summed E-state index contributed by atoms with van der Waals surface area (Å²) in [6, 6.07) is 6.91. The Balaban J connectivity index is 2.10. The summed E-state index contributed by atoms with van der Waals surface area (Å²) in [5.74, 6) is 0. The second-order valence-corrected chi connectivity index (χ2v) is 6.36. The van der Waals surface area contributed by atoms with Crippen LogP contribution in [0.5, 0.6) is 0 Å². The molecule has 2 rings (SSSR count). The average molecular weight is 272 g/mol. The van der Waals surface area contributed by atoms with Crippen molar-refractivity contribution in [3.63, 3.8) is 0 Å². The molecule has 0 aromatic heterocycles. The van der Waals surface area contributed by atoms with Gasteiger partial charge in [0.1, 0.15) is 0 Å². The molecule has 1 N–H and O–H groups in total. The smallest absolute Gasteiger partial charge is 0.0595 e. The van der Waals surface area contributed by atoms with Gasteiger partial charge in [-0.15, -0.1) is 0 Å². The Morgan fingerprint density at radius 2 is 2.00 bits per heavy atom. The van der Waals surface area contributed by atoms with Gasteiger partial charge in [0.05, 0.1) is 10.0 Å². The van der Waals surface area contributed by atoms with E-state index in [1.165, 1.54) is 12.0 Å². The molecule has 0 radical (unpaired) electrons. The molecule has 0 amide bonds. The van der Waals surface area contributed by atoms with Crippen LogP contribution in [0.1, 0.15) is 45.2 Å². The first-order valence-corrected chi connectivity index (χ1v) is 6.90. The maximum Gasteiger partial charge on any atom is 0.0595 e. The average Bonchev–Trinajstić information content (AvgIpc) is 2.87. The minimum atomic E-state index is 0.372. The summed E-state index contributed by atoms with van der Waals surface area (Å²) in [7, 11) is 0. The van der Waals surface area contributed by atoms with Crippen molar-refractivity contribution in [1.29, 1.82) is 0 Å². The molecule has 0 saturated heterocycles. The summed E-state index contributed by atoms with van der Waals surface area (Å²) >= 11 is 12.0. The lowest BCUT2D eigenvalue weighted by Gasteiger charge is -2.19. The Labute approximate surface area is 114 Å². The maximum absolute atomic E-state index is 6.06. The van der Waals surface area contributed by atoms with Crippen LogP contribution in [-0.2, 0) is 0 Å². The van der Waals surface area contributed by atoms with Crippen molar-refractivity contribution in [2.45, 2.75) is 45.7 Å². The first-order valence-electron chi connectivity index (χ1n) is 6.15. The van der Waals surface area contributed by atoms with Crippen molar-refractivity contribution in [3.05, 3.63) is 33.8 Å². The van der Waals surface area contributed by atoms with Gasteiger partial charge in [0.15, 0.2) is 0 Å². The largest absolute Gasteiger partial charge is 0.307 e. The molecular weight excluding hydrogens is 253 g/mol. The summed E-state index contributed by atoms with van der Waals surface area (Å²) in [4.78, 5) is 0. The van der Waals surface area contributed by atoms with Gasteiger partial charge in [0.25, 0.3) is 0 Å². The molecule has 94 valence electrons. The molecule has 0 bridgehead atoms.